The third-order valence-corrected chi connectivity index (χ3v) is 3.01. The van der Waals surface area contributed by atoms with Gasteiger partial charge in [-0.05, 0) is 32.9 Å². The van der Waals surface area contributed by atoms with E-state index in [4.69, 9.17) is 0 Å². The van der Waals surface area contributed by atoms with Gasteiger partial charge in [-0.2, -0.15) is 5.10 Å². The maximum absolute atomic E-state index is 11.7. The number of benzene rings is 1. The van der Waals surface area contributed by atoms with Crippen molar-refractivity contribution in [3.05, 3.63) is 40.7 Å². The molecule has 0 amide bonds. The van der Waals surface area contributed by atoms with Crippen molar-refractivity contribution in [3.8, 4) is 0 Å². The monoisotopic (exact) mass is 275 g/mol. The van der Waals surface area contributed by atoms with Gasteiger partial charge in [0.1, 0.15) is 0 Å². The van der Waals surface area contributed by atoms with Crippen molar-refractivity contribution >= 4 is 10.9 Å². The van der Waals surface area contributed by atoms with Crippen LogP contribution in [0.2, 0.25) is 0 Å². The maximum Gasteiger partial charge on any atom is 0.207 e. The van der Waals surface area contributed by atoms with Crippen LogP contribution in [0.4, 0.5) is 0 Å². The van der Waals surface area contributed by atoms with Crippen molar-refractivity contribution in [2.75, 3.05) is 6.54 Å². The van der Waals surface area contributed by atoms with Crippen molar-refractivity contribution in [2.24, 2.45) is 0 Å². The van der Waals surface area contributed by atoms with Crippen LogP contribution in [0.1, 0.15) is 20.8 Å². The second-order valence-electron chi connectivity index (χ2n) is 5.99. The average molecular weight is 275 g/mol. The zero-order valence-corrected chi connectivity index (χ0v) is 12.1. The second-order valence-corrected chi connectivity index (χ2v) is 5.99. The van der Waals surface area contributed by atoms with Gasteiger partial charge < -0.3 is 10.4 Å². The van der Waals surface area contributed by atoms with Gasteiger partial charge in [0.05, 0.1) is 24.4 Å². The molecule has 2 aromatic rings. The number of hydrogen-bond acceptors (Lipinski definition) is 4. The number of aliphatic hydroxyl groups excluding tert-OH is 1. The molecule has 2 N–H and O–H groups in total. The quantitative estimate of drug-likeness (QED) is 0.878. The molecule has 0 bridgehead atoms. The summed E-state index contributed by atoms with van der Waals surface area (Å²) in [6, 6.07) is 7.30. The van der Waals surface area contributed by atoms with Crippen LogP contribution in [-0.4, -0.2) is 33.1 Å². The number of aromatic nitrogens is 2. The van der Waals surface area contributed by atoms with Gasteiger partial charge in [0, 0.05) is 17.5 Å². The SMILES string of the molecule is CC(C)(C)NCC(O)Cn1ncc(=O)c2ccccc21. The minimum atomic E-state index is -0.562. The molecule has 1 unspecified atom stereocenters. The zero-order valence-electron chi connectivity index (χ0n) is 12.1. The normalized spacial score (nSPS) is 13.6. The number of aliphatic hydroxyl groups is 1. The van der Waals surface area contributed by atoms with E-state index < -0.39 is 6.10 Å². The van der Waals surface area contributed by atoms with Crippen molar-refractivity contribution in [1.82, 2.24) is 15.1 Å². The van der Waals surface area contributed by atoms with E-state index in [2.05, 4.69) is 10.4 Å². The molecule has 2 rings (SSSR count). The van der Waals surface area contributed by atoms with E-state index in [0.29, 0.717) is 18.5 Å². The number of nitrogens with zero attached hydrogens (tertiary/aromatic N) is 2. The number of nitrogens with one attached hydrogen (secondary N) is 1. The average Bonchev–Trinajstić information content (AvgIpc) is 2.39. The van der Waals surface area contributed by atoms with Gasteiger partial charge in [-0.25, -0.2) is 0 Å². The summed E-state index contributed by atoms with van der Waals surface area (Å²) in [7, 11) is 0. The Labute approximate surface area is 118 Å². The molecule has 0 spiro atoms. The Morgan fingerprint density at radius 2 is 2.05 bits per heavy atom. The van der Waals surface area contributed by atoms with Crippen molar-refractivity contribution in [2.45, 2.75) is 39.0 Å². The molecule has 20 heavy (non-hydrogen) atoms. The number of β-amino-alcohol motifs (C(OH)–C–C–N with tert-alkyl or cyclic N) is 1. The van der Waals surface area contributed by atoms with Crippen molar-refractivity contribution in [3.63, 3.8) is 0 Å². The van der Waals surface area contributed by atoms with Gasteiger partial charge in [0.25, 0.3) is 0 Å². The minimum absolute atomic E-state index is 0.0416. The first-order valence-corrected chi connectivity index (χ1v) is 6.75. The molecule has 108 valence electrons. The Morgan fingerprint density at radius 1 is 1.35 bits per heavy atom. The van der Waals surface area contributed by atoms with Gasteiger partial charge >= 0.3 is 0 Å². The van der Waals surface area contributed by atoms with E-state index in [0.717, 1.165) is 5.52 Å². The van der Waals surface area contributed by atoms with Crippen molar-refractivity contribution < 1.29 is 5.11 Å². The summed E-state index contributed by atoms with van der Waals surface area (Å²) in [4.78, 5) is 11.7. The van der Waals surface area contributed by atoms with E-state index in [1.165, 1.54) is 6.20 Å². The molecule has 5 nitrogen and oxygen atoms in total. The molecule has 1 heterocycles. The highest BCUT2D eigenvalue weighted by Gasteiger charge is 2.13. The summed E-state index contributed by atoms with van der Waals surface area (Å²) < 4.78 is 1.67. The first-order chi connectivity index (χ1) is 9.37. The lowest BCUT2D eigenvalue weighted by Crippen LogP contribution is -2.42. The van der Waals surface area contributed by atoms with E-state index >= 15 is 0 Å². The number of hydrogen-bond donors (Lipinski definition) is 2. The molecule has 0 aliphatic heterocycles. The number of rotatable bonds is 4. The van der Waals surface area contributed by atoms with Crippen LogP contribution in [0.25, 0.3) is 10.9 Å². The molecule has 0 saturated heterocycles. The third-order valence-electron chi connectivity index (χ3n) is 3.01. The Bertz CT molecular complexity index is 643. The summed E-state index contributed by atoms with van der Waals surface area (Å²) in [5, 5.41) is 18.1. The van der Waals surface area contributed by atoms with E-state index in [1.807, 2.05) is 39.0 Å². The molecule has 0 radical (unpaired) electrons. The molecular formula is C15H21N3O2. The fourth-order valence-corrected chi connectivity index (χ4v) is 1.99. The van der Waals surface area contributed by atoms with Crippen LogP contribution in [-0.2, 0) is 6.54 Å². The predicted octanol–water partition coefficient (Wildman–Crippen LogP) is 1.15. The highest BCUT2D eigenvalue weighted by Crippen LogP contribution is 2.08. The molecular weight excluding hydrogens is 254 g/mol. The lowest BCUT2D eigenvalue weighted by Gasteiger charge is -2.23. The van der Waals surface area contributed by atoms with Crippen molar-refractivity contribution in [1.29, 1.82) is 0 Å². The molecule has 1 atom stereocenters. The van der Waals surface area contributed by atoms with Crippen LogP contribution in [0.3, 0.4) is 0 Å². The predicted molar refractivity (Wildman–Crippen MR) is 79.8 cm³/mol. The Morgan fingerprint density at radius 3 is 2.75 bits per heavy atom. The van der Waals surface area contributed by atoms with Gasteiger partial charge in [0.15, 0.2) is 0 Å². The first kappa shape index (κ1) is 14.7. The second kappa shape index (κ2) is 5.73. The topological polar surface area (TPSA) is 67.2 Å². The zero-order chi connectivity index (χ0) is 14.8. The molecule has 0 saturated carbocycles. The smallest absolute Gasteiger partial charge is 0.207 e. The van der Waals surface area contributed by atoms with Gasteiger partial charge in [-0.1, -0.05) is 12.1 Å². The fraction of sp³-hybridized carbons (Fsp3) is 0.467. The Hall–Kier alpha value is -1.72. The van der Waals surface area contributed by atoms with Gasteiger partial charge in [-0.3, -0.25) is 9.48 Å². The van der Waals surface area contributed by atoms with E-state index in [-0.39, 0.29) is 11.0 Å². The van der Waals surface area contributed by atoms with Crippen LogP contribution >= 0.6 is 0 Å². The maximum atomic E-state index is 11.7. The van der Waals surface area contributed by atoms with E-state index in [1.54, 1.807) is 10.7 Å². The lowest BCUT2D eigenvalue weighted by molar-refractivity contribution is 0.139. The van der Waals surface area contributed by atoms with Crippen LogP contribution in [0.5, 0.6) is 0 Å². The number of fused-ring (bicyclic) bond motifs is 1. The molecule has 0 aliphatic carbocycles. The van der Waals surface area contributed by atoms with Crippen LogP contribution in [0.15, 0.2) is 35.3 Å². The fourth-order valence-electron chi connectivity index (χ4n) is 1.99. The molecule has 1 aromatic carbocycles. The van der Waals surface area contributed by atoms with Crippen LogP contribution in [0, 0.1) is 0 Å². The first-order valence-electron chi connectivity index (χ1n) is 6.75. The molecule has 1 aromatic heterocycles. The van der Waals surface area contributed by atoms with Gasteiger partial charge in [0.2, 0.25) is 5.43 Å². The molecule has 5 heteroatoms. The summed E-state index contributed by atoms with van der Waals surface area (Å²) in [6.07, 6.45) is 0.735. The minimum Gasteiger partial charge on any atom is -0.390 e. The summed E-state index contributed by atoms with van der Waals surface area (Å²) in [5.41, 5.74) is 0.606. The third kappa shape index (κ3) is 3.65. The highest BCUT2D eigenvalue weighted by molar-refractivity contribution is 5.77. The standard InChI is InChI=1S/C15H21N3O2/c1-15(2,3)16-8-11(19)10-18-13-7-5-4-6-12(13)14(20)9-17-18/h4-7,9,11,16,19H,8,10H2,1-3H3. The Balaban J connectivity index is 2.18. The largest absolute Gasteiger partial charge is 0.390 e. The molecule has 0 fully saturated rings. The highest BCUT2D eigenvalue weighted by atomic mass is 16.3. The number of para-hydroxylation sites is 1. The summed E-state index contributed by atoms with van der Waals surface area (Å²) in [6.45, 7) is 6.97. The van der Waals surface area contributed by atoms with Gasteiger partial charge in [-0.15, -0.1) is 0 Å². The molecule has 0 aliphatic rings. The lowest BCUT2D eigenvalue weighted by atomic mass is 10.1. The summed E-state index contributed by atoms with van der Waals surface area (Å²) in [5.74, 6) is 0. The summed E-state index contributed by atoms with van der Waals surface area (Å²) >= 11 is 0. The van der Waals surface area contributed by atoms with Crippen LogP contribution < -0.4 is 10.7 Å². The van der Waals surface area contributed by atoms with E-state index in [9.17, 15) is 9.90 Å². The Kier molecular flexibility index (Phi) is 4.20.